The van der Waals surface area contributed by atoms with E-state index in [0.29, 0.717) is 11.1 Å². The molecule has 0 aliphatic carbocycles. The summed E-state index contributed by atoms with van der Waals surface area (Å²) in [7, 11) is -4.03. The van der Waals surface area contributed by atoms with E-state index in [4.69, 9.17) is 37.5 Å². The zero-order valence-electron chi connectivity index (χ0n) is 29.1. The van der Waals surface area contributed by atoms with Crippen molar-refractivity contribution >= 4 is 43.3 Å². The molecule has 1 aliphatic rings. The standard InChI is InChI=1S/C34H42NO15P/c1-21(36)35-30-28(47-23(3)38)17-34(33(41)43-6,50-32(30)31(49-25(5)40)29(48-24(4)39)20-44-22(2)37)51(42,45-18-26-13-9-7-10-14-26)46-19-27-15-11-8-12-16-27/h7-16,28-32H,17-20H2,1-6H3,(H,35,36)/t28-,29+,30+,31+,32+,34+/m0/s1. The van der Waals surface area contributed by atoms with E-state index in [1.165, 1.54) is 0 Å². The highest BCUT2D eigenvalue weighted by Gasteiger charge is 2.68. The van der Waals surface area contributed by atoms with Crippen molar-refractivity contribution in [2.45, 2.75) is 90.1 Å². The number of nitrogens with one attached hydrogen (secondary N) is 1. The van der Waals surface area contributed by atoms with Crippen molar-refractivity contribution in [1.82, 2.24) is 5.32 Å². The summed E-state index contributed by atoms with van der Waals surface area (Å²) >= 11 is 0. The van der Waals surface area contributed by atoms with E-state index in [1.54, 1.807) is 60.7 Å². The van der Waals surface area contributed by atoms with Crippen LogP contribution in [0.3, 0.4) is 0 Å². The Labute approximate surface area is 294 Å². The predicted octanol–water partition coefficient (Wildman–Crippen LogP) is 3.13. The minimum absolute atomic E-state index is 0.372. The molecule has 1 heterocycles. The van der Waals surface area contributed by atoms with Gasteiger partial charge in [0, 0.05) is 41.0 Å². The molecule has 0 saturated carbocycles. The topological polar surface area (TPSA) is 205 Å². The first kappa shape index (κ1) is 40.8. The summed E-state index contributed by atoms with van der Waals surface area (Å²) < 4.78 is 60.6. The number of rotatable bonds is 16. The first-order valence-corrected chi connectivity index (χ1v) is 17.3. The maximum Gasteiger partial charge on any atom is 0.374 e. The van der Waals surface area contributed by atoms with Crippen molar-refractivity contribution < 1.29 is 70.8 Å². The van der Waals surface area contributed by atoms with Crippen LogP contribution in [0.1, 0.15) is 52.2 Å². The van der Waals surface area contributed by atoms with E-state index in [1.807, 2.05) is 0 Å². The first-order chi connectivity index (χ1) is 24.1. The molecule has 0 spiro atoms. The maximum absolute atomic E-state index is 15.4. The molecule has 0 unspecified atom stereocenters. The zero-order chi connectivity index (χ0) is 37.8. The molecule has 51 heavy (non-hydrogen) atoms. The Balaban J connectivity index is 2.33. The van der Waals surface area contributed by atoms with E-state index >= 15 is 4.57 Å². The van der Waals surface area contributed by atoms with E-state index in [9.17, 15) is 28.8 Å². The molecule has 278 valence electrons. The number of methoxy groups -OCH3 is 1. The van der Waals surface area contributed by atoms with Gasteiger partial charge < -0.3 is 42.8 Å². The summed E-state index contributed by atoms with van der Waals surface area (Å²) in [5.41, 5.74) is 1.05. The molecule has 6 atom stereocenters. The first-order valence-electron chi connectivity index (χ1n) is 15.8. The number of esters is 5. The molecule has 1 amide bonds. The van der Waals surface area contributed by atoms with Gasteiger partial charge in [-0.05, 0) is 11.1 Å². The molecule has 17 heteroatoms. The van der Waals surface area contributed by atoms with Crippen molar-refractivity contribution in [1.29, 1.82) is 0 Å². The molecule has 2 aromatic carbocycles. The molecule has 0 aromatic heterocycles. The van der Waals surface area contributed by atoms with Crippen LogP contribution in [0.25, 0.3) is 0 Å². The van der Waals surface area contributed by atoms with Crippen LogP contribution in [-0.4, -0.2) is 85.3 Å². The molecule has 1 fully saturated rings. The molecule has 0 radical (unpaired) electrons. The fourth-order valence-electron chi connectivity index (χ4n) is 5.41. The number of hydrogen-bond acceptors (Lipinski definition) is 15. The number of carbonyl (C=O) groups is 6. The Morgan fingerprint density at radius 1 is 0.804 bits per heavy atom. The average Bonchev–Trinajstić information content (AvgIpc) is 3.07. The molecule has 1 saturated heterocycles. The molecular formula is C34H42NO15P. The largest absolute Gasteiger partial charge is 0.466 e. The van der Waals surface area contributed by atoms with Gasteiger partial charge in [0.25, 0.3) is 5.34 Å². The Kier molecular flexibility index (Phi) is 14.8. The molecule has 3 rings (SSSR count). The second-order valence-corrected chi connectivity index (χ2v) is 13.7. The highest BCUT2D eigenvalue weighted by atomic mass is 31.2. The minimum atomic E-state index is -5.01. The molecule has 1 N–H and O–H groups in total. The van der Waals surface area contributed by atoms with Crippen LogP contribution in [0.15, 0.2) is 60.7 Å². The lowest BCUT2D eigenvalue weighted by Gasteiger charge is -2.49. The predicted molar refractivity (Wildman–Crippen MR) is 175 cm³/mol. The van der Waals surface area contributed by atoms with Gasteiger partial charge in [0.2, 0.25) is 5.91 Å². The lowest BCUT2D eigenvalue weighted by atomic mass is 9.89. The molecule has 16 nitrogen and oxygen atoms in total. The van der Waals surface area contributed by atoms with E-state index in [0.717, 1.165) is 41.7 Å². The minimum Gasteiger partial charge on any atom is -0.466 e. The second-order valence-electron chi connectivity index (χ2n) is 11.5. The van der Waals surface area contributed by atoms with Gasteiger partial charge in [-0.1, -0.05) is 60.7 Å². The lowest BCUT2D eigenvalue weighted by molar-refractivity contribution is -0.229. The highest BCUT2D eigenvalue weighted by Crippen LogP contribution is 2.66. The second kappa shape index (κ2) is 18.6. The average molecular weight is 736 g/mol. The van der Waals surface area contributed by atoms with Crippen LogP contribution in [0, 0.1) is 0 Å². The molecule has 0 bridgehead atoms. The summed E-state index contributed by atoms with van der Waals surface area (Å²) in [5.74, 6) is -5.55. The number of hydrogen-bond donors (Lipinski definition) is 1. The Morgan fingerprint density at radius 2 is 1.33 bits per heavy atom. The van der Waals surface area contributed by atoms with Gasteiger partial charge in [0.1, 0.15) is 18.8 Å². The quantitative estimate of drug-likeness (QED) is 0.149. The zero-order valence-corrected chi connectivity index (χ0v) is 30.0. The van der Waals surface area contributed by atoms with Crippen molar-refractivity contribution in [3.63, 3.8) is 0 Å². The van der Waals surface area contributed by atoms with Crippen LogP contribution in [-0.2, 0) is 84.0 Å². The number of carbonyl (C=O) groups excluding carboxylic acids is 6. The van der Waals surface area contributed by atoms with Crippen molar-refractivity contribution in [2.75, 3.05) is 13.7 Å². The van der Waals surface area contributed by atoms with E-state index in [-0.39, 0.29) is 13.2 Å². The van der Waals surface area contributed by atoms with Gasteiger partial charge in [-0.2, -0.15) is 0 Å². The highest BCUT2D eigenvalue weighted by molar-refractivity contribution is 7.56. The van der Waals surface area contributed by atoms with Gasteiger partial charge in [0.15, 0.2) is 12.2 Å². The van der Waals surface area contributed by atoms with Crippen LogP contribution in [0.5, 0.6) is 0 Å². The summed E-state index contributed by atoms with van der Waals surface area (Å²) in [6.07, 6.45) is -7.64. The summed E-state index contributed by atoms with van der Waals surface area (Å²) in [4.78, 5) is 75.9. The fraction of sp³-hybridized carbons (Fsp3) is 0.471. The fourth-order valence-corrected chi connectivity index (χ4v) is 7.51. The van der Waals surface area contributed by atoms with Crippen LogP contribution in [0.4, 0.5) is 0 Å². The number of amides is 1. The monoisotopic (exact) mass is 735 g/mol. The van der Waals surface area contributed by atoms with Gasteiger partial charge >= 0.3 is 37.4 Å². The van der Waals surface area contributed by atoms with Crippen LogP contribution < -0.4 is 5.32 Å². The molecular weight excluding hydrogens is 693 g/mol. The third-order valence-electron chi connectivity index (χ3n) is 7.45. The SMILES string of the molecule is COC(=O)[C@]1(P(=O)(OCc2ccccc2)OCc2ccccc2)C[C@H](OC(C)=O)[C@@H](NC(C)=O)[C@H]([C@H](OC(C)=O)[C@@H](COC(C)=O)OC(C)=O)O1. The summed E-state index contributed by atoms with van der Waals surface area (Å²) in [6.45, 7) is 3.85. The van der Waals surface area contributed by atoms with Gasteiger partial charge in [0.05, 0.1) is 26.4 Å². The summed E-state index contributed by atoms with van der Waals surface area (Å²) in [5, 5.41) is -0.214. The third kappa shape index (κ3) is 11.2. The normalized spacial score (nSPS) is 21.3. The Hall–Kier alpha value is -4.63. The Bertz CT molecular complexity index is 1540. The third-order valence-corrected chi connectivity index (χ3v) is 9.74. The van der Waals surface area contributed by atoms with Crippen molar-refractivity contribution in [3.05, 3.63) is 71.8 Å². The maximum atomic E-state index is 15.4. The van der Waals surface area contributed by atoms with Gasteiger partial charge in [-0.25, -0.2) is 4.79 Å². The smallest absolute Gasteiger partial charge is 0.374 e. The lowest BCUT2D eigenvalue weighted by Crippen LogP contribution is -2.68. The van der Waals surface area contributed by atoms with Gasteiger partial charge in [-0.15, -0.1) is 0 Å². The van der Waals surface area contributed by atoms with Gasteiger partial charge in [-0.3, -0.25) is 28.5 Å². The number of benzene rings is 2. The van der Waals surface area contributed by atoms with E-state index in [2.05, 4.69) is 5.32 Å². The van der Waals surface area contributed by atoms with Crippen LogP contribution in [0.2, 0.25) is 0 Å². The molecule has 2 aromatic rings. The molecule has 1 aliphatic heterocycles. The van der Waals surface area contributed by atoms with Crippen molar-refractivity contribution in [2.24, 2.45) is 0 Å². The van der Waals surface area contributed by atoms with Crippen LogP contribution >= 0.6 is 7.60 Å². The van der Waals surface area contributed by atoms with Crippen molar-refractivity contribution in [3.8, 4) is 0 Å². The Morgan fingerprint density at radius 3 is 1.76 bits per heavy atom. The van der Waals surface area contributed by atoms with E-state index < -0.39 is 92.2 Å². The number of ether oxygens (including phenoxy) is 6. The summed E-state index contributed by atoms with van der Waals surface area (Å²) in [6, 6.07) is 15.5.